The first kappa shape index (κ1) is 14.0. The highest BCUT2D eigenvalue weighted by molar-refractivity contribution is 5.19. The molecule has 3 atom stereocenters. The van der Waals surface area contributed by atoms with Crippen LogP contribution in [0.15, 0.2) is 0 Å². The van der Waals surface area contributed by atoms with Crippen LogP contribution in [0.3, 0.4) is 0 Å². The summed E-state index contributed by atoms with van der Waals surface area (Å²) in [4.78, 5) is 0. The van der Waals surface area contributed by atoms with Crippen molar-refractivity contribution in [3.05, 3.63) is 0 Å². The second kappa shape index (κ2) is 3.73. The summed E-state index contributed by atoms with van der Waals surface area (Å²) in [7, 11) is 0. The third-order valence-corrected chi connectivity index (χ3v) is 6.44. The Morgan fingerprint density at radius 1 is 1.12 bits per heavy atom. The highest BCUT2D eigenvalue weighted by Gasteiger charge is 2.67. The Morgan fingerprint density at radius 3 is 1.94 bits per heavy atom. The van der Waals surface area contributed by atoms with E-state index in [-0.39, 0.29) is 11.0 Å². The lowest BCUT2D eigenvalue weighted by atomic mass is 9.33. The molecule has 1 aliphatic rings. The lowest BCUT2D eigenvalue weighted by Gasteiger charge is -2.72. The van der Waals surface area contributed by atoms with Crippen LogP contribution in [-0.4, -0.2) is 5.54 Å². The van der Waals surface area contributed by atoms with E-state index in [0.29, 0.717) is 10.8 Å². The van der Waals surface area contributed by atoms with Crippen molar-refractivity contribution in [2.45, 2.75) is 79.7 Å². The molecule has 0 heterocycles. The summed E-state index contributed by atoms with van der Waals surface area (Å²) in [5.41, 5.74) is 7.68. The maximum atomic E-state index is 6.62. The average Bonchev–Trinajstić information content (AvgIpc) is 2.16. The van der Waals surface area contributed by atoms with Gasteiger partial charge in [-0.3, -0.25) is 0 Å². The average molecular weight is 225 g/mol. The fourth-order valence-electron chi connectivity index (χ4n) is 4.06. The molecule has 1 aliphatic carbocycles. The van der Waals surface area contributed by atoms with E-state index < -0.39 is 0 Å². The van der Waals surface area contributed by atoms with Crippen molar-refractivity contribution in [2.75, 3.05) is 0 Å². The summed E-state index contributed by atoms with van der Waals surface area (Å²) in [5.74, 6) is 0. The molecule has 1 saturated carbocycles. The van der Waals surface area contributed by atoms with Crippen LogP contribution in [0.5, 0.6) is 0 Å². The largest absolute Gasteiger partial charge is 0.325 e. The lowest BCUT2D eigenvalue weighted by molar-refractivity contribution is -0.215. The van der Waals surface area contributed by atoms with Gasteiger partial charge in [0.2, 0.25) is 0 Å². The number of rotatable bonds is 4. The molecule has 96 valence electrons. The van der Waals surface area contributed by atoms with E-state index in [1.54, 1.807) is 0 Å². The van der Waals surface area contributed by atoms with E-state index in [0.717, 1.165) is 6.42 Å². The first-order valence-corrected chi connectivity index (χ1v) is 6.87. The third-order valence-electron chi connectivity index (χ3n) is 6.44. The van der Waals surface area contributed by atoms with Crippen molar-refractivity contribution < 1.29 is 0 Å². The molecule has 0 spiro atoms. The zero-order valence-corrected chi connectivity index (χ0v) is 12.4. The minimum Gasteiger partial charge on any atom is -0.325 e. The summed E-state index contributed by atoms with van der Waals surface area (Å²) >= 11 is 0. The molecule has 16 heavy (non-hydrogen) atoms. The molecule has 1 fully saturated rings. The molecule has 0 aromatic carbocycles. The van der Waals surface area contributed by atoms with E-state index in [9.17, 15) is 0 Å². The van der Waals surface area contributed by atoms with E-state index in [4.69, 9.17) is 5.73 Å². The Bertz CT molecular complexity index is 267. The first-order chi connectivity index (χ1) is 7.08. The zero-order valence-electron chi connectivity index (χ0n) is 12.4. The fraction of sp³-hybridized carbons (Fsp3) is 1.00. The Morgan fingerprint density at radius 2 is 1.62 bits per heavy atom. The Labute approximate surface area is 102 Å². The van der Waals surface area contributed by atoms with Crippen molar-refractivity contribution in [1.82, 2.24) is 0 Å². The summed E-state index contributed by atoms with van der Waals surface area (Å²) in [6.07, 6.45) is 4.85. The third kappa shape index (κ3) is 1.47. The number of hydrogen-bond donors (Lipinski definition) is 1. The van der Waals surface area contributed by atoms with Crippen LogP contribution in [0.25, 0.3) is 0 Å². The Balaban J connectivity index is 3.00. The van der Waals surface area contributed by atoms with E-state index in [1.165, 1.54) is 19.3 Å². The number of nitrogens with two attached hydrogens (primary N) is 1. The van der Waals surface area contributed by atoms with Gasteiger partial charge < -0.3 is 5.73 Å². The molecule has 1 nitrogen and oxygen atoms in total. The van der Waals surface area contributed by atoms with Crippen LogP contribution in [-0.2, 0) is 0 Å². The topological polar surface area (TPSA) is 26.0 Å². The molecule has 0 radical (unpaired) electrons. The Kier molecular flexibility index (Phi) is 3.27. The quantitative estimate of drug-likeness (QED) is 0.756. The Hall–Kier alpha value is -0.0400. The normalized spacial score (nSPS) is 41.2. The van der Waals surface area contributed by atoms with E-state index in [2.05, 4.69) is 48.5 Å². The molecular formula is C15H31N. The van der Waals surface area contributed by atoms with Crippen molar-refractivity contribution in [3.8, 4) is 0 Å². The molecule has 0 amide bonds. The standard InChI is InChI=1S/C15H31N/c1-8-10-15(7,16)14(6)11-13(5,9-2)12(14,3)4/h8-11,16H2,1-7H3. The highest BCUT2D eigenvalue weighted by Crippen LogP contribution is 2.72. The lowest BCUT2D eigenvalue weighted by Crippen LogP contribution is -2.71. The fourth-order valence-corrected chi connectivity index (χ4v) is 4.06. The minimum absolute atomic E-state index is 0.0278. The monoisotopic (exact) mass is 225 g/mol. The summed E-state index contributed by atoms with van der Waals surface area (Å²) in [6.45, 7) is 16.5. The summed E-state index contributed by atoms with van der Waals surface area (Å²) < 4.78 is 0. The van der Waals surface area contributed by atoms with Gasteiger partial charge in [0.1, 0.15) is 0 Å². The molecule has 0 aromatic heterocycles. The van der Waals surface area contributed by atoms with Gasteiger partial charge in [0, 0.05) is 5.54 Å². The van der Waals surface area contributed by atoms with Gasteiger partial charge in [-0.1, -0.05) is 54.4 Å². The van der Waals surface area contributed by atoms with Gasteiger partial charge in [-0.15, -0.1) is 0 Å². The van der Waals surface area contributed by atoms with E-state index >= 15 is 0 Å². The molecule has 1 rings (SSSR count). The second-order valence-corrected chi connectivity index (χ2v) is 7.22. The SMILES string of the molecule is CCCC(C)(N)C1(C)CC(C)(CC)C1(C)C. The smallest absolute Gasteiger partial charge is 0.0185 e. The van der Waals surface area contributed by atoms with Gasteiger partial charge in [0.15, 0.2) is 0 Å². The first-order valence-electron chi connectivity index (χ1n) is 6.87. The molecule has 0 aliphatic heterocycles. The van der Waals surface area contributed by atoms with Gasteiger partial charge >= 0.3 is 0 Å². The second-order valence-electron chi connectivity index (χ2n) is 7.22. The molecule has 1 heteroatoms. The zero-order chi connectivity index (χ0) is 12.8. The molecular weight excluding hydrogens is 194 g/mol. The van der Waals surface area contributed by atoms with Crippen LogP contribution < -0.4 is 5.73 Å². The van der Waals surface area contributed by atoms with Crippen molar-refractivity contribution in [3.63, 3.8) is 0 Å². The van der Waals surface area contributed by atoms with Gasteiger partial charge in [-0.25, -0.2) is 0 Å². The molecule has 0 saturated heterocycles. The van der Waals surface area contributed by atoms with Crippen LogP contribution in [0.1, 0.15) is 74.1 Å². The van der Waals surface area contributed by atoms with Crippen molar-refractivity contribution in [2.24, 2.45) is 22.0 Å². The van der Waals surface area contributed by atoms with Gasteiger partial charge in [-0.2, -0.15) is 0 Å². The van der Waals surface area contributed by atoms with Gasteiger partial charge in [0.25, 0.3) is 0 Å². The molecule has 3 unspecified atom stereocenters. The molecule has 0 aromatic rings. The predicted octanol–water partition coefficient (Wildman–Crippen LogP) is 4.36. The summed E-state index contributed by atoms with van der Waals surface area (Å²) in [6, 6.07) is 0. The summed E-state index contributed by atoms with van der Waals surface area (Å²) in [5, 5.41) is 0. The van der Waals surface area contributed by atoms with Crippen LogP contribution in [0.4, 0.5) is 0 Å². The minimum atomic E-state index is -0.0278. The van der Waals surface area contributed by atoms with Crippen molar-refractivity contribution >= 4 is 0 Å². The molecule has 2 N–H and O–H groups in total. The maximum absolute atomic E-state index is 6.62. The predicted molar refractivity (Wildman–Crippen MR) is 72.4 cm³/mol. The maximum Gasteiger partial charge on any atom is 0.0185 e. The van der Waals surface area contributed by atoms with Crippen molar-refractivity contribution in [1.29, 1.82) is 0 Å². The molecule has 0 bridgehead atoms. The van der Waals surface area contributed by atoms with Crippen LogP contribution in [0.2, 0.25) is 0 Å². The van der Waals surface area contributed by atoms with Crippen LogP contribution in [0, 0.1) is 16.2 Å². The van der Waals surface area contributed by atoms with E-state index in [1.807, 2.05) is 0 Å². The van der Waals surface area contributed by atoms with Gasteiger partial charge in [0.05, 0.1) is 0 Å². The number of hydrogen-bond acceptors (Lipinski definition) is 1. The van der Waals surface area contributed by atoms with Crippen LogP contribution >= 0.6 is 0 Å². The highest BCUT2D eigenvalue weighted by atomic mass is 14.9. The van der Waals surface area contributed by atoms with Gasteiger partial charge in [-0.05, 0) is 36.0 Å².